The third kappa shape index (κ3) is 2.24. The molecule has 0 atom stereocenters. The molecule has 0 aliphatic heterocycles. The predicted octanol–water partition coefficient (Wildman–Crippen LogP) is 0.982. The molecule has 0 bridgehead atoms. The van der Waals surface area contributed by atoms with Gasteiger partial charge in [-0.2, -0.15) is 0 Å². The molecule has 0 saturated heterocycles. The average Bonchev–Trinajstić information content (AvgIpc) is 2.81. The highest BCUT2D eigenvalue weighted by Crippen LogP contribution is 2.27. The SMILES string of the molecule is CCn1c(-c2ccc(C)s2)nnc1S(N)(=O)=O. The van der Waals surface area contributed by atoms with Crippen LogP contribution in [0.2, 0.25) is 0 Å². The van der Waals surface area contributed by atoms with Gasteiger partial charge in [-0.3, -0.25) is 4.57 Å². The first-order valence-corrected chi connectivity index (χ1v) is 7.32. The summed E-state index contributed by atoms with van der Waals surface area (Å²) in [4.78, 5) is 2.01. The third-order valence-corrected chi connectivity index (χ3v) is 4.06. The molecule has 2 N–H and O–H groups in total. The summed E-state index contributed by atoms with van der Waals surface area (Å²) < 4.78 is 24.1. The van der Waals surface area contributed by atoms with Crippen LogP contribution in [0, 0.1) is 6.92 Å². The van der Waals surface area contributed by atoms with Gasteiger partial charge in [-0.25, -0.2) is 13.6 Å². The van der Waals surface area contributed by atoms with Gasteiger partial charge in [-0.05, 0) is 26.0 Å². The van der Waals surface area contributed by atoms with E-state index in [1.165, 1.54) is 15.9 Å². The summed E-state index contributed by atoms with van der Waals surface area (Å²) >= 11 is 1.54. The Bertz CT molecular complexity index is 642. The maximum absolute atomic E-state index is 11.3. The Hall–Kier alpha value is -1.25. The second-order valence-electron chi connectivity index (χ2n) is 3.51. The van der Waals surface area contributed by atoms with Crippen molar-refractivity contribution in [2.45, 2.75) is 25.5 Å². The van der Waals surface area contributed by atoms with Crippen LogP contribution in [0.3, 0.4) is 0 Å². The molecule has 2 aromatic heterocycles. The molecule has 2 aromatic rings. The van der Waals surface area contributed by atoms with Gasteiger partial charge < -0.3 is 0 Å². The molecule has 0 amide bonds. The van der Waals surface area contributed by atoms with E-state index >= 15 is 0 Å². The second kappa shape index (κ2) is 4.21. The number of hydrogen-bond donors (Lipinski definition) is 1. The monoisotopic (exact) mass is 272 g/mol. The summed E-state index contributed by atoms with van der Waals surface area (Å²) in [5.74, 6) is 0.537. The van der Waals surface area contributed by atoms with Crippen molar-refractivity contribution in [1.29, 1.82) is 0 Å². The highest BCUT2D eigenvalue weighted by molar-refractivity contribution is 7.89. The first-order chi connectivity index (χ1) is 7.93. The van der Waals surface area contributed by atoms with E-state index in [9.17, 15) is 8.42 Å². The van der Waals surface area contributed by atoms with E-state index in [0.29, 0.717) is 12.4 Å². The molecule has 2 rings (SSSR count). The molecule has 0 radical (unpaired) electrons. The Morgan fingerprint density at radius 2 is 2.12 bits per heavy atom. The van der Waals surface area contributed by atoms with Crippen molar-refractivity contribution in [3.8, 4) is 10.7 Å². The average molecular weight is 272 g/mol. The van der Waals surface area contributed by atoms with Crippen molar-refractivity contribution in [3.05, 3.63) is 17.0 Å². The van der Waals surface area contributed by atoms with Gasteiger partial charge in [-0.1, -0.05) is 0 Å². The molecule has 0 aliphatic carbocycles. The Balaban J connectivity index is 2.61. The first-order valence-electron chi connectivity index (χ1n) is 4.96. The van der Waals surface area contributed by atoms with E-state index in [0.717, 1.165) is 9.75 Å². The zero-order valence-electron chi connectivity index (χ0n) is 9.41. The van der Waals surface area contributed by atoms with Gasteiger partial charge in [0.25, 0.3) is 15.2 Å². The number of rotatable bonds is 3. The van der Waals surface area contributed by atoms with E-state index in [-0.39, 0.29) is 5.16 Å². The summed E-state index contributed by atoms with van der Waals surface area (Å²) in [5.41, 5.74) is 0. The van der Waals surface area contributed by atoms with Crippen LogP contribution < -0.4 is 5.14 Å². The number of nitrogens with zero attached hydrogens (tertiary/aromatic N) is 3. The number of aromatic nitrogens is 3. The van der Waals surface area contributed by atoms with Crippen LogP contribution in [0.4, 0.5) is 0 Å². The van der Waals surface area contributed by atoms with Gasteiger partial charge >= 0.3 is 0 Å². The minimum absolute atomic E-state index is 0.193. The van der Waals surface area contributed by atoms with Crippen molar-refractivity contribution >= 4 is 21.4 Å². The maximum atomic E-state index is 11.3. The molecular weight excluding hydrogens is 260 g/mol. The Kier molecular flexibility index (Phi) is 3.02. The van der Waals surface area contributed by atoms with E-state index in [1.54, 1.807) is 0 Å². The second-order valence-corrected chi connectivity index (χ2v) is 6.25. The molecule has 6 nitrogen and oxygen atoms in total. The van der Waals surface area contributed by atoms with Crippen molar-refractivity contribution in [2.24, 2.45) is 5.14 Å². The van der Waals surface area contributed by atoms with Gasteiger partial charge in [0.05, 0.1) is 4.88 Å². The van der Waals surface area contributed by atoms with Crippen LogP contribution in [0.25, 0.3) is 10.7 Å². The summed E-state index contributed by atoms with van der Waals surface area (Å²) in [6.07, 6.45) is 0. The lowest BCUT2D eigenvalue weighted by Crippen LogP contribution is -2.18. The molecule has 8 heteroatoms. The van der Waals surface area contributed by atoms with Gasteiger partial charge in [-0.15, -0.1) is 21.5 Å². The van der Waals surface area contributed by atoms with E-state index in [2.05, 4.69) is 10.2 Å². The molecule has 2 heterocycles. The molecule has 0 saturated carbocycles. The maximum Gasteiger partial charge on any atom is 0.273 e. The Morgan fingerprint density at radius 3 is 2.59 bits per heavy atom. The quantitative estimate of drug-likeness (QED) is 0.901. The fraction of sp³-hybridized carbons (Fsp3) is 0.333. The lowest BCUT2D eigenvalue weighted by atomic mass is 10.4. The lowest BCUT2D eigenvalue weighted by molar-refractivity contribution is 0.571. The topological polar surface area (TPSA) is 90.9 Å². The van der Waals surface area contributed by atoms with Gasteiger partial charge in [0.1, 0.15) is 0 Å². The van der Waals surface area contributed by atoms with Crippen LogP contribution in [0.1, 0.15) is 11.8 Å². The number of primary sulfonamides is 1. The van der Waals surface area contributed by atoms with Crippen molar-refractivity contribution in [3.63, 3.8) is 0 Å². The van der Waals surface area contributed by atoms with Crippen molar-refractivity contribution in [2.75, 3.05) is 0 Å². The van der Waals surface area contributed by atoms with Crippen molar-refractivity contribution < 1.29 is 8.42 Å². The Morgan fingerprint density at radius 1 is 1.41 bits per heavy atom. The minimum Gasteiger partial charge on any atom is -0.296 e. The Labute approximate surface area is 103 Å². The first kappa shape index (κ1) is 12.2. The molecule has 0 aromatic carbocycles. The van der Waals surface area contributed by atoms with Gasteiger partial charge in [0, 0.05) is 11.4 Å². The summed E-state index contributed by atoms with van der Waals surface area (Å²) in [6.45, 7) is 4.24. The highest BCUT2D eigenvalue weighted by atomic mass is 32.2. The molecule has 0 unspecified atom stereocenters. The standard InChI is InChI=1S/C9H12N4O2S2/c1-3-13-8(7-5-4-6(2)16-7)11-12-9(13)17(10,14)15/h4-5H,3H2,1-2H3,(H2,10,14,15). The summed E-state index contributed by atoms with van der Waals surface area (Å²) in [6, 6.07) is 3.84. The third-order valence-electron chi connectivity index (χ3n) is 2.25. The normalized spacial score (nSPS) is 11.9. The van der Waals surface area contributed by atoms with Gasteiger partial charge in [0.15, 0.2) is 5.82 Å². The largest absolute Gasteiger partial charge is 0.296 e. The van der Waals surface area contributed by atoms with Crippen LogP contribution in [0.15, 0.2) is 17.3 Å². The molecule has 0 aliphatic rings. The van der Waals surface area contributed by atoms with Crippen LogP contribution >= 0.6 is 11.3 Å². The summed E-state index contributed by atoms with van der Waals surface area (Å²) in [7, 11) is -3.83. The van der Waals surface area contributed by atoms with E-state index < -0.39 is 10.0 Å². The van der Waals surface area contributed by atoms with Crippen LogP contribution in [0.5, 0.6) is 0 Å². The number of thiophene rings is 1. The number of nitrogens with two attached hydrogens (primary N) is 1. The number of hydrogen-bond acceptors (Lipinski definition) is 5. The predicted molar refractivity (Wildman–Crippen MR) is 65.1 cm³/mol. The zero-order chi connectivity index (χ0) is 12.6. The zero-order valence-corrected chi connectivity index (χ0v) is 11.0. The molecule has 0 fully saturated rings. The minimum atomic E-state index is -3.83. The molecule has 0 spiro atoms. The van der Waals surface area contributed by atoms with Gasteiger partial charge in [0.2, 0.25) is 0 Å². The smallest absolute Gasteiger partial charge is 0.273 e. The fourth-order valence-corrected chi connectivity index (χ4v) is 3.06. The molecular formula is C9H12N4O2S2. The van der Waals surface area contributed by atoms with E-state index in [1.807, 2.05) is 26.0 Å². The number of sulfonamides is 1. The molecule has 17 heavy (non-hydrogen) atoms. The molecule has 92 valence electrons. The highest BCUT2D eigenvalue weighted by Gasteiger charge is 2.21. The van der Waals surface area contributed by atoms with Crippen molar-refractivity contribution in [1.82, 2.24) is 14.8 Å². The van der Waals surface area contributed by atoms with Crippen LogP contribution in [-0.2, 0) is 16.6 Å². The summed E-state index contributed by atoms with van der Waals surface area (Å²) in [5, 5.41) is 12.4. The number of aryl methyl sites for hydroxylation is 1. The van der Waals surface area contributed by atoms with Crippen LogP contribution in [-0.4, -0.2) is 23.2 Å². The fourth-order valence-electron chi connectivity index (χ4n) is 1.52. The van der Waals surface area contributed by atoms with E-state index in [4.69, 9.17) is 5.14 Å². The lowest BCUT2D eigenvalue weighted by Gasteiger charge is -2.03.